The molecule has 1 amide bonds. The molecule has 0 saturated carbocycles. The van der Waals surface area contributed by atoms with E-state index in [9.17, 15) is 18.0 Å². The molecule has 0 spiro atoms. The van der Waals surface area contributed by atoms with Crippen molar-refractivity contribution in [3.63, 3.8) is 0 Å². The van der Waals surface area contributed by atoms with E-state index in [1.807, 2.05) is 0 Å². The van der Waals surface area contributed by atoms with Crippen LogP contribution in [0.2, 0.25) is 0 Å². The molecule has 0 radical (unpaired) electrons. The highest BCUT2D eigenvalue weighted by Gasteiger charge is 2.42. The molecule has 1 aliphatic heterocycles. The Morgan fingerprint density at radius 2 is 2.26 bits per heavy atom. The number of hydrogen-bond acceptors (Lipinski definition) is 5. The maximum absolute atomic E-state index is 12.8. The second kappa shape index (κ2) is 5.91. The van der Waals surface area contributed by atoms with Gasteiger partial charge in [0, 0.05) is 18.3 Å². The first-order chi connectivity index (χ1) is 10.8. The molecule has 2 aromatic rings. The summed E-state index contributed by atoms with van der Waals surface area (Å²) >= 11 is 1.37. The lowest BCUT2D eigenvalue weighted by Crippen LogP contribution is -2.32. The van der Waals surface area contributed by atoms with Crippen LogP contribution in [0, 0.1) is 12.8 Å². The van der Waals surface area contributed by atoms with Gasteiger partial charge in [-0.25, -0.2) is 4.98 Å². The summed E-state index contributed by atoms with van der Waals surface area (Å²) in [7, 11) is 0. The third-order valence-corrected chi connectivity index (χ3v) is 4.53. The highest BCUT2D eigenvalue weighted by Crippen LogP contribution is 2.34. The minimum atomic E-state index is -4.21. The minimum absolute atomic E-state index is 0.000761. The molecule has 1 N–H and O–H groups in total. The Balaban J connectivity index is 1.65. The first-order valence-electron chi connectivity index (χ1n) is 7.02. The van der Waals surface area contributed by atoms with E-state index in [1.54, 1.807) is 16.9 Å². The summed E-state index contributed by atoms with van der Waals surface area (Å²) in [5.74, 6) is -0.941. The molecule has 1 atom stereocenters. The Kier molecular flexibility index (Phi) is 4.09. The number of carbonyl (C=O) groups excluding carboxylic acids is 1. The zero-order valence-corrected chi connectivity index (χ0v) is 13.0. The summed E-state index contributed by atoms with van der Waals surface area (Å²) in [6.07, 6.45) is -4.38. The minimum Gasteiger partial charge on any atom is -0.343 e. The molecular formula is C13H14F3N5OS. The second-order valence-corrected chi connectivity index (χ2v) is 6.41. The maximum Gasteiger partial charge on any atom is 0.392 e. The molecule has 3 heterocycles. The van der Waals surface area contributed by atoms with Crippen LogP contribution >= 0.6 is 11.3 Å². The van der Waals surface area contributed by atoms with Crippen molar-refractivity contribution in [1.29, 1.82) is 0 Å². The quantitative estimate of drug-likeness (QED) is 0.925. The summed E-state index contributed by atoms with van der Waals surface area (Å²) in [4.78, 5) is 16.0. The van der Waals surface area contributed by atoms with E-state index in [-0.39, 0.29) is 31.8 Å². The predicted octanol–water partition coefficient (Wildman–Crippen LogP) is 2.10. The molecule has 124 valence electrons. The lowest BCUT2D eigenvalue weighted by atomic mass is 9.97. The van der Waals surface area contributed by atoms with Gasteiger partial charge in [-0.1, -0.05) is 0 Å². The van der Waals surface area contributed by atoms with Crippen LogP contribution in [0.1, 0.15) is 33.6 Å². The maximum atomic E-state index is 12.8. The highest BCUT2D eigenvalue weighted by atomic mass is 32.1. The molecule has 10 heteroatoms. The van der Waals surface area contributed by atoms with Crippen LogP contribution in [0.25, 0.3) is 0 Å². The van der Waals surface area contributed by atoms with E-state index < -0.39 is 12.1 Å². The SMILES string of the molecule is Cc1nc(C(=O)NCc2nnc3n2CC[C@@H](C(F)(F)F)C3)cs1. The number of carbonyl (C=O) groups is 1. The zero-order valence-electron chi connectivity index (χ0n) is 12.2. The van der Waals surface area contributed by atoms with Gasteiger partial charge >= 0.3 is 6.18 Å². The molecule has 0 fully saturated rings. The number of nitrogens with zero attached hydrogens (tertiary/aromatic N) is 4. The number of aromatic nitrogens is 4. The summed E-state index contributed by atoms with van der Waals surface area (Å²) < 4.78 is 39.9. The number of alkyl halides is 3. The van der Waals surface area contributed by atoms with Gasteiger partial charge in [-0.05, 0) is 13.3 Å². The lowest BCUT2D eigenvalue weighted by Gasteiger charge is -2.25. The fraction of sp³-hybridized carbons (Fsp3) is 0.538. The van der Waals surface area contributed by atoms with E-state index in [2.05, 4.69) is 20.5 Å². The number of halogens is 3. The van der Waals surface area contributed by atoms with Crippen molar-refractivity contribution in [2.45, 2.75) is 39.0 Å². The van der Waals surface area contributed by atoms with E-state index in [0.29, 0.717) is 17.3 Å². The Morgan fingerprint density at radius 3 is 2.91 bits per heavy atom. The molecule has 23 heavy (non-hydrogen) atoms. The topological polar surface area (TPSA) is 72.7 Å². The van der Waals surface area contributed by atoms with Gasteiger partial charge in [0.25, 0.3) is 5.91 Å². The smallest absolute Gasteiger partial charge is 0.343 e. The molecule has 0 saturated heterocycles. The number of rotatable bonds is 3. The predicted molar refractivity (Wildman–Crippen MR) is 75.9 cm³/mol. The van der Waals surface area contributed by atoms with Crippen molar-refractivity contribution in [3.8, 4) is 0 Å². The van der Waals surface area contributed by atoms with Crippen LogP contribution in [0.4, 0.5) is 13.2 Å². The Hall–Kier alpha value is -1.97. The number of fused-ring (bicyclic) bond motifs is 1. The van der Waals surface area contributed by atoms with Crippen LogP contribution < -0.4 is 5.32 Å². The third kappa shape index (κ3) is 3.36. The van der Waals surface area contributed by atoms with Crippen LogP contribution in [0.5, 0.6) is 0 Å². The van der Waals surface area contributed by atoms with Crippen LogP contribution in [0.15, 0.2) is 5.38 Å². The molecule has 6 nitrogen and oxygen atoms in total. The van der Waals surface area contributed by atoms with Crippen molar-refractivity contribution in [2.75, 3.05) is 0 Å². The number of aryl methyl sites for hydroxylation is 1. The molecule has 2 aromatic heterocycles. The Bertz CT molecular complexity index is 724. The van der Waals surface area contributed by atoms with Crippen molar-refractivity contribution in [3.05, 3.63) is 27.7 Å². The van der Waals surface area contributed by atoms with Gasteiger partial charge in [-0.2, -0.15) is 13.2 Å². The molecule has 0 aromatic carbocycles. The van der Waals surface area contributed by atoms with Gasteiger partial charge in [0.1, 0.15) is 11.5 Å². The fourth-order valence-electron chi connectivity index (χ4n) is 2.52. The van der Waals surface area contributed by atoms with E-state index in [0.717, 1.165) is 5.01 Å². The standard InChI is InChI=1S/C13H14F3N5OS/c1-7-18-9(6-23-7)12(22)17-5-11-20-19-10-4-8(13(14,15)16)2-3-21(10)11/h6,8H,2-5H2,1H3,(H,17,22)/t8-/m1/s1. The first kappa shape index (κ1) is 15.9. The largest absolute Gasteiger partial charge is 0.392 e. The average Bonchev–Trinajstić information content (AvgIpc) is 3.09. The first-order valence-corrected chi connectivity index (χ1v) is 7.90. The van der Waals surface area contributed by atoms with Gasteiger partial charge in [0.15, 0.2) is 5.82 Å². The van der Waals surface area contributed by atoms with Crippen LogP contribution in [0.3, 0.4) is 0 Å². The van der Waals surface area contributed by atoms with Crippen molar-refractivity contribution >= 4 is 17.2 Å². The van der Waals surface area contributed by atoms with Crippen molar-refractivity contribution < 1.29 is 18.0 Å². The second-order valence-electron chi connectivity index (χ2n) is 5.35. The number of amides is 1. The monoisotopic (exact) mass is 345 g/mol. The van der Waals surface area contributed by atoms with Crippen LogP contribution in [-0.2, 0) is 19.5 Å². The van der Waals surface area contributed by atoms with Gasteiger partial charge < -0.3 is 9.88 Å². The lowest BCUT2D eigenvalue weighted by molar-refractivity contribution is -0.179. The van der Waals surface area contributed by atoms with E-state index >= 15 is 0 Å². The number of thiazole rings is 1. The summed E-state index contributed by atoms with van der Waals surface area (Å²) in [6.45, 7) is 2.11. The summed E-state index contributed by atoms with van der Waals surface area (Å²) in [5, 5.41) is 12.8. The Labute approximate surface area is 133 Å². The highest BCUT2D eigenvalue weighted by molar-refractivity contribution is 7.09. The van der Waals surface area contributed by atoms with Crippen molar-refractivity contribution in [2.24, 2.45) is 5.92 Å². The normalized spacial score (nSPS) is 17.8. The van der Waals surface area contributed by atoms with E-state index in [4.69, 9.17) is 0 Å². The summed E-state index contributed by atoms with van der Waals surface area (Å²) in [6, 6.07) is 0. The van der Waals surface area contributed by atoms with Gasteiger partial charge in [0.2, 0.25) is 0 Å². The molecule has 0 unspecified atom stereocenters. The molecular weight excluding hydrogens is 331 g/mol. The van der Waals surface area contributed by atoms with Gasteiger partial charge in [-0.3, -0.25) is 4.79 Å². The zero-order chi connectivity index (χ0) is 16.6. The van der Waals surface area contributed by atoms with Gasteiger partial charge in [0.05, 0.1) is 17.5 Å². The summed E-state index contributed by atoms with van der Waals surface area (Å²) in [5.41, 5.74) is 0.322. The van der Waals surface area contributed by atoms with Crippen LogP contribution in [-0.4, -0.2) is 31.8 Å². The molecule has 0 bridgehead atoms. The number of hydrogen-bond donors (Lipinski definition) is 1. The van der Waals surface area contributed by atoms with E-state index in [1.165, 1.54) is 11.3 Å². The van der Waals surface area contributed by atoms with Gasteiger partial charge in [-0.15, -0.1) is 21.5 Å². The molecule has 1 aliphatic rings. The van der Waals surface area contributed by atoms with Crippen molar-refractivity contribution in [1.82, 2.24) is 25.1 Å². The molecule has 0 aliphatic carbocycles. The Morgan fingerprint density at radius 1 is 1.48 bits per heavy atom. The number of nitrogens with one attached hydrogen (secondary N) is 1. The average molecular weight is 345 g/mol. The fourth-order valence-corrected chi connectivity index (χ4v) is 3.11. The third-order valence-electron chi connectivity index (χ3n) is 3.76. The molecule has 3 rings (SSSR count).